The Kier molecular flexibility index (Phi) is 12.9. The van der Waals surface area contributed by atoms with Crippen molar-refractivity contribution in [2.75, 3.05) is 0 Å². The average Bonchev–Trinajstić information content (AvgIpc) is 3.17. The van der Waals surface area contributed by atoms with E-state index in [9.17, 15) is 0 Å². The third kappa shape index (κ3) is 6.50. The summed E-state index contributed by atoms with van der Waals surface area (Å²) in [7, 11) is 0. The molecule has 7 atom stereocenters. The zero-order valence-corrected chi connectivity index (χ0v) is 24.2. The molecule has 4 aliphatic carbocycles. The van der Waals surface area contributed by atoms with Crippen molar-refractivity contribution in [3.05, 3.63) is 11.6 Å². The van der Waals surface area contributed by atoms with Crippen LogP contribution in [0.3, 0.4) is 0 Å². The van der Waals surface area contributed by atoms with Gasteiger partial charge >= 0.3 is 0 Å². The lowest BCUT2D eigenvalue weighted by atomic mass is 9.47. The fraction of sp³-hybridized carbons (Fsp3) is 0.879. The number of allylic oxidation sites excluding steroid dienone is 2. The first kappa shape index (κ1) is 30.3. The summed E-state index contributed by atoms with van der Waals surface area (Å²) >= 11 is 0. The maximum absolute atomic E-state index is 4.00. The van der Waals surface area contributed by atoms with E-state index in [1.165, 1.54) is 70.6 Å². The molecule has 0 amide bonds. The molecule has 3 saturated carbocycles. The number of unbranched alkanes of at least 4 members (excludes halogenated alkanes) is 1. The van der Waals surface area contributed by atoms with Crippen LogP contribution in [-0.4, -0.2) is 0 Å². The molecule has 0 aromatic carbocycles. The normalized spacial score (nSPS) is 38.5. The molecule has 0 saturated heterocycles. The van der Waals surface area contributed by atoms with E-state index in [1.54, 1.807) is 6.42 Å². The fourth-order valence-electron chi connectivity index (χ4n) is 8.37. The van der Waals surface area contributed by atoms with Crippen molar-refractivity contribution in [3.8, 4) is 12.8 Å². The zero-order chi connectivity index (χ0) is 25.2. The topological polar surface area (TPSA) is 0 Å². The number of hydrogen-bond acceptors (Lipinski definition) is 0. The van der Waals surface area contributed by atoms with Crippen LogP contribution in [-0.2, 0) is 0 Å². The molecule has 0 aromatic heterocycles. The second-order valence-corrected chi connectivity index (χ2v) is 12.1. The second-order valence-electron chi connectivity index (χ2n) is 12.1. The van der Waals surface area contributed by atoms with Crippen LogP contribution in [0.5, 0.6) is 0 Å². The van der Waals surface area contributed by atoms with Crippen molar-refractivity contribution in [1.82, 2.24) is 0 Å². The SMILES string of the molecule is C#C.CC.CC.CC(C)CCCCC1CCC2C3CC=C4CC(C)CCC4(C)C3CCC12C. The van der Waals surface area contributed by atoms with Crippen molar-refractivity contribution in [2.24, 2.45) is 46.3 Å². The Morgan fingerprint density at radius 2 is 1.58 bits per heavy atom. The van der Waals surface area contributed by atoms with Gasteiger partial charge < -0.3 is 0 Å². The lowest BCUT2D eigenvalue weighted by molar-refractivity contribution is -0.0450. The van der Waals surface area contributed by atoms with Crippen LogP contribution in [0.1, 0.15) is 139 Å². The second kappa shape index (κ2) is 14.0. The predicted molar refractivity (Wildman–Crippen MR) is 150 cm³/mol. The Balaban J connectivity index is 0.000000841. The minimum atomic E-state index is 0.562. The average molecular weight is 457 g/mol. The van der Waals surface area contributed by atoms with Gasteiger partial charge in [-0.1, -0.05) is 93.2 Å². The first-order valence-electron chi connectivity index (χ1n) is 14.9. The van der Waals surface area contributed by atoms with Crippen LogP contribution >= 0.6 is 0 Å². The van der Waals surface area contributed by atoms with Crippen molar-refractivity contribution in [1.29, 1.82) is 0 Å². The molecule has 0 radical (unpaired) electrons. The van der Waals surface area contributed by atoms with Crippen LogP contribution < -0.4 is 0 Å². The molecule has 33 heavy (non-hydrogen) atoms. The molecular formula is C33H60. The number of hydrogen-bond donors (Lipinski definition) is 0. The minimum absolute atomic E-state index is 0.562. The third-order valence-corrected chi connectivity index (χ3v) is 10.1. The Bertz CT molecular complexity index is 594. The Morgan fingerprint density at radius 1 is 0.909 bits per heavy atom. The summed E-state index contributed by atoms with van der Waals surface area (Å²) in [5, 5.41) is 0. The standard InChI is InChI=1S/C27H46.2C2H6.C2H2/c1-19(2)8-6-7-9-21-11-13-24-23-12-10-22-18-20(3)14-16-27(22,5)25(23)15-17-26(21,24)4;3*1-2/h10,19-21,23-25H,6-9,11-18H2,1-5H3;2*1-2H3;1-2H. The highest BCUT2D eigenvalue weighted by atomic mass is 14.6. The van der Waals surface area contributed by atoms with Gasteiger partial charge in [0.2, 0.25) is 0 Å². The predicted octanol–water partition coefficient (Wildman–Crippen LogP) is 10.7. The van der Waals surface area contributed by atoms with Crippen molar-refractivity contribution >= 4 is 0 Å². The third-order valence-electron chi connectivity index (χ3n) is 10.1. The van der Waals surface area contributed by atoms with Crippen LogP contribution in [0.2, 0.25) is 0 Å². The summed E-state index contributed by atoms with van der Waals surface area (Å²) < 4.78 is 0. The van der Waals surface area contributed by atoms with Crippen molar-refractivity contribution < 1.29 is 0 Å². The summed E-state index contributed by atoms with van der Waals surface area (Å²) in [6, 6.07) is 0. The highest BCUT2D eigenvalue weighted by Gasteiger charge is 2.58. The molecule has 3 fully saturated rings. The molecular weight excluding hydrogens is 396 g/mol. The zero-order valence-electron chi connectivity index (χ0n) is 24.2. The van der Waals surface area contributed by atoms with Gasteiger partial charge in [0.25, 0.3) is 0 Å². The van der Waals surface area contributed by atoms with Gasteiger partial charge in [-0.3, -0.25) is 0 Å². The van der Waals surface area contributed by atoms with Gasteiger partial charge in [0.1, 0.15) is 0 Å². The van der Waals surface area contributed by atoms with Gasteiger partial charge in [0.15, 0.2) is 0 Å². The molecule has 0 nitrogen and oxygen atoms in total. The molecule has 192 valence electrons. The minimum Gasteiger partial charge on any atom is -0.124 e. The molecule has 0 aromatic rings. The lowest BCUT2D eigenvalue weighted by Crippen LogP contribution is -2.49. The summed E-state index contributed by atoms with van der Waals surface area (Å²) in [5.41, 5.74) is 3.10. The van der Waals surface area contributed by atoms with Crippen LogP contribution in [0.15, 0.2) is 11.6 Å². The van der Waals surface area contributed by atoms with E-state index in [4.69, 9.17) is 0 Å². The highest BCUT2D eigenvalue weighted by Crippen LogP contribution is 2.67. The summed E-state index contributed by atoms with van der Waals surface area (Å²) in [5.74, 6) is 5.88. The smallest absolute Gasteiger partial charge is 0.00851 e. The van der Waals surface area contributed by atoms with Crippen molar-refractivity contribution in [3.63, 3.8) is 0 Å². The first-order valence-corrected chi connectivity index (χ1v) is 14.9. The Hall–Kier alpha value is -0.700. The summed E-state index contributed by atoms with van der Waals surface area (Å²) in [6.07, 6.45) is 28.6. The Labute approximate surface area is 210 Å². The summed E-state index contributed by atoms with van der Waals surface area (Å²) in [6.45, 7) is 20.6. The van der Waals surface area contributed by atoms with E-state index in [2.05, 4.69) is 53.5 Å². The van der Waals surface area contributed by atoms with E-state index in [-0.39, 0.29) is 0 Å². The van der Waals surface area contributed by atoms with E-state index in [0.29, 0.717) is 10.8 Å². The van der Waals surface area contributed by atoms with Crippen LogP contribution in [0, 0.1) is 59.2 Å². The van der Waals surface area contributed by atoms with Crippen LogP contribution in [0.4, 0.5) is 0 Å². The maximum Gasteiger partial charge on any atom is -0.00851 e. The largest absolute Gasteiger partial charge is 0.124 e. The highest BCUT2D eigenvalue weighted by molar-refractivity contribution is 5.24. The number of rotatable bonds is 5. The molecule has 0 heterocycles. The molecule has 0 heteroatoms. The number of terminal acetylenes is 1. The molecule has 0 N–H and O–H groups in total. The van der Waals surface area contributed by atoms with E-state index in [1.807, 2.05) is 33.3 Å². The van der Waals surface area contributed by atoms with E-state index >= 15 is 0 Å². The molecule has 4 rings (SSSR count). The van der Waals surface area contributed by atoms with Gasteiger partial charge in [0.05, 0.1) is 0 Å². The fourth-order valence-corrected chi connectivity index (χ4v) is 8.37. The molecule has 0 aliphatic heterocycles. The lowest BCUT2D eigenvalue weighted by Gasteiger charge is -2.58. The van der Waals surface area contributed by atoms with Gasteiger partial charge in [-0.05, 0) is 104 Å². The van der Waals surface area contributed by atoms with E-state index in [0.717, 1.165) is 35.5 Å². The van der Waals surface area contributed by atoms with Gasteiger partial charge in [0, 0.05) is 0 Å². The van der Waals surface area contributed by atoms with Crippen molar-refractivity contribution in [2.45, 2.75) is 139 Å². The quantitative estimate of drug-likeness (QED) is 0.219. The Morgan fingerprint density at radius 3 is 2.21 bits per heavy atom. The van der Waals surface area contributed by atoms with Gasteiger partial charge in [-0.2, -0.15) is 0 Å². The molecule has 0 bridgehead atoms. The van der Waals surface area contributed by atoms with Crippen LogP contribution in [0.25, 0.3) is 0 Å². The first-order chi connectivity index (χ1) is 15.8. The number of fused-ring (bicyclic) bond motifs is 5. The molecule has 0 spiro atoms. The summed E-state index contributed by atoms with van der Waals surface area (Å²) in [4.78, 5) is 0. The maximum atomic E-state index is 4.00. The molecule has 7 unspecified atom stereocenters. The van der Waals surface area contributed by atoms with E-state index < -0.39 is 0 Å². The monoisotopic (exact) mass is 456 g/mol. The van der Waals surface area contributed by atoms with Gasteiger partial charge in [-0.15, -0.1) is 12.8 Å². The molecule has 4 aliphatic rings. The van der Waals surface area contributed by atoms with Gasteiger partial charge in [-0.25, -0.2) is 0 Å².